The van der Waals surface area contributed by atoms with Crippen LogP contribution in [0, 0.1) is 11.8 Å². The second kappa shape index (κ2) is 3.63. The first-order chi connectivity index (χ1) is 5.90. The van der Waals surface area contributed by atoms with Crippen LogP contribution in [0.25, 0.3) is 0 Å². The Hall–Kier alpha value is -0.620. The molecule has 0 aromatic rings. The molecule has 0 saturated carbocycles. The summed E-state index contributed by atoms with van der Waals surface area (Å²) >= 11 is 0. The van der Waals surface area contributed by atoms with Crippen LogP contribution in [0.4, 0.5) is 0 Å². The van der Waals surface area contributed by atoms with Gasteiger partial charge in [-0.05, 0) is 12.5 Å². The summed E-state index contributed by atoms with van der Waals surface area (Å²) in [6, 6.07) is 0. The Bertz CT molecular complexity index is 299. The van der Waals surface area contributed by atoms with Gasteiger partial charge in [0.1, 0.15) is 0 Å². The van der Waals surface area contributed by atoms with E-state index >= 15 is 0 Å². The van der Waals surface area contributed by atoms with Crippen molar-refractivity contribution in [3.63, 3.8) is 0 Å². The third kappa shape index (κ3) is 2.96. The fraction of sp³-hybridized carbons (Fsp3) is 0.857. The number of sulfonamides is 1. The minimum Gasteiger partial charge on any atom is -0.316 e. The molecule has 13 heavy (non-hydrogen) atoms. The average Bonchev–Trinajstić information content (AvgIpc) is 2.30. The van der Waals surface area contributed by atoms with Crippen LogP contribution in [0.3, 0.4) is 0 Å². The molecule has 0 aromatic heterocycles. The van der Waals surface area contributed by atoms with E-state index in [-0.39, 0.29) is 11.8 Å². The molecule has 0 aromatic carbocycles. The lowest BCUT2D eigenvalue weighted by molar-refractivity contribution is -0.123. The Morgan fingerprint density at radius 1 is 1.46 bits per heavy atom. The van der Waals surface area contributed by atoms with Crippen molar-refractivity contribution < 1.29 is 13.2 Å². The van der Waals surface area contributed by atoms with Crippen LogP contribution in [0.2, 0.25) is 0 Å². The van der Waals surface area contributed by atoms with Gasteiger partial charge in [0.15, 0.2) is 0 Å². The second-order valence-electron chi connectivity index (χ2n) is 3.48. The minimum absolute atomic E-state index is 0.196. The zero-order chi connectivity index (χ0) is 10.1. The third-order valence-electron chi connectivity index (χ3n) is 2.14. The van der Waals surface area contributed by atoms with Gasteiger partial charge in [-0.15, -0.1) is 0 Å². The van der Waals surface area contributed by atoms with Gasteiger partial charge >= 0.3 is 0 Å². The molecule has 1 aliphatic rings. The molecule has 2 atom stereocenters. The zero-order valence-electron chi connectivity index (χ0n) is 7.70. The first kappa shape index (κ1) is 10.5. The Morgan fingerprint density at radius 3 is 2.46 bits per heavy atom. The molecule has 1 rings (SSSR count). The van der Waals surface area contributed by atoms with E-state index in [2.05, 4.69) is 5.32 Å². The quantitative estimate of drug-likeness (QED) is 0.602. The normalized spacial score (nSPS) is 28.8. The molecule has 5 nitrogen and oxygen atoms in total. The summed E-state index contributed by atoms with van der Waals surface area (Å²) in [6.45, 7) is 3.25. The molecule has 6 heteroatoms. The summed E-state index contributed by atoms with van der Waals surface area (Å²) in [4.78, 5) is 11.3. The largest absolute Gasteiger partial charge is 0.316 e. The number of amides is 1. The zero-order valence-corrected chi connectivity index (χ0v) is 8.52. The van der Waals surface area contributed by atoms with Crippen LogP contribution in [0.15, 0.2) is 0 Å². The SMILES string of the molecule is C[C@@H]1CNC[C@H]1C(=O)NS(C)(=O)=O. The number of nitrogens with one attached hydrogen (secondary N) is 2. The van der Waals surface area contributed by atoms with Crippen molar-refractivity contribution >= 4 is 15.9 Å². The molecule has 76 valence electrons. The summed E-state index contributed by atoms with van der Waals surface area (Å²) in [5, 5.41) is 3.03. The van der Waals surface area contributed by atoms with Crippen molar-refractivity contribution in [2.75, 3.05) is 19.3 Å². The van der Waals surface area contributed by atoms with Gasteiger partial charge in [0.2, 0.25) is 15.9 Å². The van der Waals surface area contributed by atoms with E-state index in [4.69, 9.17) is 0 Å². The fourth-order valence-electron chi connectivity index (χ4n) is 1.42. The topological polar surface area (TPSA) is 75.3 Å². The number of carbonyl (C=O) groups excluding carboxylic acids is 1. The monoisotopic (exact) mass is 206 g/mol. The van der Waals surface area contributed by atoms with Gasteiger partial charge in [0, 0.05) is 6.54 Å². The van der Waals surface area contributed by atoms with E-state index in [0.717, 1.165) is 12.8 Å². The molecule has 0 unspecified atom stereocenters. The molecule has 1 amide bonds. The Morgan fingerprint density at radius 2 is 2.08 bits per heavy atom. The number of hydrogen-bond acceptors (Lipinski definition) is 4. The van der Waals surface area contributed by atoms with E-state index in [1.807, 2.05) is 11.6 Å². The highest BCUT2D eigenvalue weighted by Gasteiger charge is 2.30. The minimum atomic E-state index is -3.41. The molecule has 1 fully saturated rings. The van der Waals surface area contributed by atoms with Crippen molar-refractivity contribution in [3.8, 4) is 0 Å². The maximum absolute atomic E-state index is 11.3. The summed E-state index contributed by atoms with van der Waals surface area (Å²) in [5.74, 6) is -0.434. The fourth-order valence-corrected chi connectivity index (χ4v) is 1.94. The van der Waals surface area contributed by atoms with Crippen LogP contribution >= 0.6 is 0 Å². The van der Waals surface area contributed by atoms with E-state index in [9.17, 15) is 13.2 Å². The van der Waals surface area contributed by atoms with E-state index in [1.165, 1.54) is 0 Å². The van der Waals surface area contributed by atoms with Crippen molar-refractivity contribution in [2.24, 2.45) is 11.8 Å². The van der Waals surface area contributed by atoms with Crippen LogP contribution in [0.1, 0.15) is 6.92 Å². The molecule has 0 aliphatic carbocycles. The number of rotatable bonds is 2. The molecule has 1 saturated heterocycles. The summed E-state index contributed by atoms with van der Waals surface area (Å²) in [7, 11) is -3.41. The smallest absolute Gasteiger partial charge is 0.238 e. The average molecular weight is 206 g/mol. The highest BCUT2D eigenvalue weighted by atomic mass is 32.2. The Labute approximate surface area is 77.9 Å². The van der Waals surface area contributed by atoms with Crippen LogP contribution in [0.5, 0.6) is 0 Å². The van der Waals surface area contributed by atoms with Crippen LogP contribution < -0.4 is 10.0 Å². The van der Waals surface area contributed by atoms with Gasteiger partial charge in [-0.25, -0.2) is 8.42 Å². The third-order valence-corrected chi connectivity index (χ3v) is 2.71. The van der Waals surface area contributed by atoms with E-state index in [0.29, 0.717) is 6.54 Å². The highest BCUT2D eigenvalue weighted by molar-refractivity contribution is 7.89. The van der Waals surface area contributed by atoms with Crippen LogP contribution in [-0.2, 0) is 14.8 Å². The van der Waals surface area contributed by atoms with Crippen molar-refractivity contribution in [2.45, 2.75) is 6.92 Å². The van der Waals surface area contributed by atoms with Gasteiger partial charge < -0.3 is 5.32 Å². The molecule has 1 heterocycles. The second-order valence-corrected chi connectivity index (χ2v) is 5.23. The van der Waals surface area contributed by atoms with E-state index < -0.39 is 15.9 Å². The number of hydrogen-bond donors (Lipinski definition) is 2. The van der Waals surface area contributed by atoms with E-state index in [1.54, 1.807) is 0 Å². The molecular formula is C7H14N2O3S. The van der Waals surface area contributed by atoms with Crippen molar-refractivity contribution in [1.82, 2.24) is 10.0 Å². The molecule has 0 bridgehead atoms. The maximum atomic E-state index is 11.3. The predicted molar refractivity (Wildman–Crippen MR) is 48.5 cm³/mol. The maximum Gasteiger partial charge on any atom is 0.238 e. The highest BCUT2D eigenvalue weighted by Crippen LogP contribution is 2.15. The summed E-state index contributed by atoms with van der Waals surface area (Å²) < 4.78 is 23.5. The summed E-state index contributed by atoms with van der Waals surface area (Å²) in [5.41, 5.74) is 0. The van der Waals surface area contributed by atoms with Gasteiger partial charge in [0.05, 0.1) is 12.2 Å². The molecule has 1 aliphatic heterocycles. The molecular weight excluding hydrogens is 192 g/mol. The van der Waals surface area contributed by atoms with Gasteiger partial charge in [0.25, 0.3) is 0 Å². The molecule has 0 spiro atoms. The number of carbonyl (C=O) groups is 1. The summed E-state index contributed by atoms with van der Waals surface area (Å²) in [6.07, 6.45) is 0.984. The lowest BCUT2D eigenvalue weighted by Gasteiger charge is -2.12. The van der Waals surface area contributed by atoms with Gasteiger partial charge in [-0.2, -0.15) is 0 Å². The lowest BCUT2D eigenvalue weighted by Crippen LogP contribution is -2.37. The van der Waals surface area contributed by atoms with Crippen molar-refractivity contribution in [3.05, 3.63) is 0 Å². The Balaban J connectivity index is 2.58. The van der Waals surface area contributed by atoms with Gasteiger partial charge in [-0.1, -0.05) is 6.92 Å². The first-order valence-corrected chi connectivity index (χ1v) is 6.01. The standard InChI is InChI=1S/C7H14N2O3S/c1-5-3-8-4-6(5)7(10)9-13(2,11)12/h5-6,8H,3-4H2,1-2H3,(H,9,10)/t5-,6-/m1/s1. The van der Waals surface area contributed by atoms with Crippen molar-refractivity contribution in [1.29, 1.82) is 0 Å². The molecule has 0 radical (unpaired) electrons. The van der Waals surface area contributed by atoms with Gasteiger partial charge in [-0.3, -0.25) is 9.52 Å². The van der Waals surface area contributed by atoms with Crippen LogP contribution in [-0.4, -0.2) is 33.7 Å². The lowest BCUT2D eigenvalue weighted by atomic mass is 9.98. The Kier molecular flexibility index (Phi) is 2.92. The first-order valence-electron chi connectivity index (χ1n) is 4.12. The molecule has 2 N–H and O–H groups in total. The predicted octanol–water partition coefficient (Wildman–Crippen LogP) is -1.08.